The fraction of sp³-hybridized carbons (Fsp3) is 0.583. The Balaban J connectivity index is 2.10. The largest absolute Gasteiger partial charge is 0.477 e. The Kier molecular flexibility index (Phi) is 4.10. The highest BCUT2D eigenvalue weighted by atomic mass is 19.3. The summed E-state index contributed by atoms with van der Waals surface area (Å²) in [6.07, 6.45) is 0.552. The SMILES string of the molecule is CN(CC(F)F)C(=O)NC1(c2ncc(C(=O)O)[nH]2)CCC1. The molecule has 1 fully saturated rings. The molecule has 0 spiro atoms. The second kappa shape index (κ2) is 5.66. The zero-order chi connectivity index (χ0) is 15.6. The summed E-state index contributed by atoms with van der Waals surface area (Å²) in [7, 11) is 1.28. The van der Waals surface area contributed by atoms with Crippen molar-refractivity contribution in [3.63, 3.8) is 0 Å². The van der Waals surface area contributed by atoms with Crippen LogP contribution in [-0.4, -0.2) is 52.0 Å². The number of urea groups is 1. The molecule has 0 unspecified atom stereocenters. The molecule has 0 aliphatic heterocycles. The number of hydrogen-bond acceptors (Lipinski definition) is 3. The number of carbonyl (C=O) groups excluding carboxylic acids is 1. The normalized spacial score (nSPS) is 16.4. The maximum Gasteiger partial charge on any atom is 0.353 e. The Bertz CT molecular complexity index is 542. The molecule has 9 heteroatoms. The van der Waals surface area contributed by atoms with E-state index in [-0.39, 0.29) is 5.69 Å². The van der Waals surface area contributed by atoms with E-state index in [1.807, 2.05) is 0 Å². The number of hydrogen-bond donors (Lipinski definition) is 3. The van der Waals surface area contributed by atoms with Crippen molar-refractivity contribution in [3.05, 3.63) is 17.7 Å². The van der Waals surface area contributed by atoms with Crippen molar-refractivity contribution in [2.24, 2.45) is 0 Å². The minimum atomic E-state index is -2.61. The third-order valence-corrected chi connectivity index (χ3v) is 3.57. The van der Waals surface area contributed by atoms with Gasteiger partial charge in [-0.05, 0) is 19.3 Å². The van der Waals surface area contributed by atoms with E-state index in [1.54, 1.807) is 0 Å². The number of halogens is 2. The highest BCUT2D eigenvalue weighted by molar-refractivity contribution is 5.85. The Hall–Kier alpha value is -2.19. The van der Waals surface area contributed by atoms with E-state index in [1.165, 1.54) is 13.2 Å². The summed E-state index contributed by atoms with van der Waals surface area (Å²) < 4.78 is 24.6. The number of amides is 2. The zero-order valence-electron chi connectivity index (χ0n) is 11.4. The molecule has 21 heavy (non-hydrogen) atoms. The Morgan fingerprint density at radius 1 is 1.57 bits per heavy atom. The number of nitrogens with one attached hydrogen (secondary N) is 2. The molecule has 1 saturated carbocycles. The van der Waals surface area contributed by atoms with Gasteiger partial charge in [-0.3, -0.25) is 0 Å². The topological polar surface area (TPSA) is 98.3 Å². The number of carbonyl (C=O) groups is 2. The maximum atomic E-state index is 12.3. The van der Waals surface area contributed by atoms with E-state index in [0.717, 1.165) is 11.3 Å². The van der Waals surface area contributed by atoms with Crippen LogP contribution in [0.3, 0.4) is 0 Å². The molecule has 116 valence electrons. The number of rotatable bonds is 5. The lowest BCUT2D eigenvalue weighted by molar-refractivity contribution is 0.0690. The average Bonchev–Trinajstić information content (AvgIpc) is 2.82. The Morgan fingerprint density at radius 3 is 2.67 bits per heavy atom. The fourth-order valence-electron chi connectivity index (χ4n) is 2.21. The van der Waals surface area contributed by atoms with Crippen LogP contribution in [0.4, 0.5) is 13.6 Å². The smallest absolute Gasteiger partial charge is 0.353 e. The monoisotopic (exact) mass is 302 g/mol. The predicted octanol–water partition coefficient (Wildman–Crippen LogP) is 1.39. The lowest BCUT2D eigenvalue weighted by atomic mass is 9.76. The lowest BCUT2D eigenvalue weighted by Gasteiger charge is -2.41. The van der Waals surface area contributed by atoms with Gasteiger partial charge in [-0.15, -0.1) is 0 Å². The minimum Gasteiger partial charge on any atom is -0.477 e. The molecule has 1 aliphatic rings. The van der Waals surface area contributed by atoms with E-state index in [9.17, 15) is 18.4 Å². The predicted molar refractivity (Wildman–Crippen MR) is 68.2 cm³/mol. The summed E-state index contributed by atoms with van der Waals surface area (Å²) in [5, 5.41) is 11.5. The quantitative estimate of drug-likeness (QED) is 0.765. The molecular weight excluding hydrogens is 286 g/mol. The summed E-state index contributed by atoms with van der Waals surface area (Å²) in [5.74, 6) is -0.811. The number of H-pyrrole nitrogens is 1. The van der Waals surface area contributed by atoms with Gasteiger partial charge in [0.25, 0.3) is 6.43 Å². The summed E-state index contributed by atoms with van der Waals surface area (Å²) in [4.78, 5) is 30.3. The molecule has 2 amide bonds. The third-order valence-electron chi connectivity index (χ3n) is 3.57. The van der Waals surface area contributed by atoms with Crippen molar-refractivity contribution in [3.8, 4) is 0 Å². The molecule has 1 aromatic rings. The second-order valence-corrected chi connectivity index (χ2v) is 5.09. The fourth-order valence-corrected chi connectivity index (χ4v) is 2.21. The molecule has 7 nitrogen and oxygen atoms in total. The first-order valence-electron chi connectivity index (χ1n) is 6.44. The van der Waals surface area contributed by atoms with Crippen molar-refractivity contribution in [2.45, 2.75) is 31.2 Å². The van der Waals surface area contributed by atoms with Gasteiger partial charge in [-0.25, -0.2) is 23.4 Å². The Morgan fingerprint density at radius 2 is 2.24 bits per heavy atom. The molecule has 1 aromatic heterocycles. The van der Waals surface area contributed by atoms with Gasteiger partial charge < -0.3 is 20.3 Å². The summed E-state index contributed by atoms with van der Waals surface area (Å²) in [6.45, 7) is -0.666. The molecule has 3 N–H and O–H groups in total. The van der Waals surface area contributed by atoms with E-state index < -0.39 is 30.5 Å². The molecule has 1 aliphatic carbocycles. The van der Waals surface area contributed by atoms with E-state index in [4.69, 9.17) is 5.11 Å². The first kappa shape index (κ1) is 15.2. The van der Waals surface area contributed by atoms with Gasteiger partial charge >= 0.3 is 12.0 Å². The molecule has 0 saturated heterocycles. The van der Waals surface area contributed by atoms with Crippen LogP contribution >= 0.6 is 0 Å². The van der Waals surface area contributed by atoms with Crippen LogP contribution in [0, 0.1) is 0 Å². The number of aromatic carboxylic acids is 1. The van der Waals surface area contributed by atoms with Gasteiger partial charge in [0.2, 0.25) is 0 Å². The van der Waals surface area contributed by atoms with Crippen LogP contribution in [0.5, 0.6) is 0 Å². The van der Waals surface area contributed by atoms with Crippen molar-refractivity contribution >= 4 is 12.0 Å². The number of nitrogens with zero attached hydrogens (tertiary/aromatic N) is 2. The first-order chi connectivity index (χ1) is 9.84. The van der Waals surface area contributed by atoms with Gasteiger partial charge in [-0.2, -0.15) is 0 Å². The number of aromatic amines is 1. The minimum absolute atomic E-state index is 0.0774. The van der Waals surface area contributed by atoms with Gasteiger partial charge in [0.05, 0.1) is 18.3 Å². The average molecular weight is 302 g/mol. The van der Waals surface area contributed by atoms with Crippen LogP contribution in [-0.2, 0) is 5.54 Å². The molecule has 0 atom stereocenters. The summed E-state index contributed by atoms with van der Waals surface area (Å²) in [6, 6.07) is -0.636. The molecular formula is C12H16F2N4O3. The standard InChI is InChI=1S/C12H16F2N4O3/c1-18(6-8(13)14)11(21)17-12(3-2-4-12)10-15-5-7(16-10)9(19)20/h5,8H,2-4,6H2,1H3,(H,15,16)(H,17,21)(H,19,20). The highest BCUT2D eigenvalue weighted by Crippen LogP contribution is 2.39. The molecule has 0 radical (unpaired) electrons. The Labute approximate surface area is 119 Å². The lowest BCUT2D eigenvalue weighted by Crippen LogP contribution is -2.55. The molecule has 1 heterocycles. The van der Waals surface area contributed by atoms with Gasteiger partial charge in [0.1, 0.15) is 11.5 Å². The van der Waals surface area contributed by atoms with Gasteiger partial charge in [-0.1, -0.05) is 0 Å². The van der Waals surface area contributed by atoms with Crippen LogP contribution in [0.2, 0.25) is 0 Å². The third kappa shape index (κ3) is 3.11. The van der Waals surface area contributed by atoms with Crippen LogP contribution in [0.25, 0.3) is 0 Å². The highest BCUT2D eigenvalue weighted by Gasteiger charge is 2.43. The maximum absolute atomic E-state index is 12.3. The van der Waals surface area contributed by atoms with Crippen LogP contribution in [0.15, 0.2) is 6.20 Å². The van der Waals surface area contributed by atoms with Crippen molar-refractivity contribution in [1.82, 2.24) is 20.2 Å². The number of imidazole rings is 1. The number of aromatic nitrogens is 2. The molecule has 0 aromatic carbocycles. The van der Waals surface area contributed by atoms with E-state index in [0.29, 0.717) is 18.7 Å². The van der Waals surface area contributed by atoms with Crippen molar-refractivity contribution in [1.29, 1.82) is 0 Å². The van der Waals surface area contributed by atoms with E-state index in [2.05, 4.69) is 15.3 Å². The molecule has 2 rings (SSSR count). The number of alkyl halides is 2. The first-order valence-corrected chi connectivity index (χ1v) is 6.44. The summed E-state index contributed by atoms with van der Waals surface area (Å²) >= 11 is 0. The van der Waals surface area contributed by atoms with Crippen molar-refractivity contribution in [2.75, 3.05) is 13.6 Å². The van der Waals surface area contributed by atoms with Crippen LogP contribution < -0.4 is 5.32 Å². The van der Waals surface area contributed by atoms with Gasteiger partial charge in [0.15, 0.2) is 0 Å². The number of carboxylic acids is 1. The zero-order valence-corrected chi connectivity index (χ0v) is 11.4. The van der Waals surface area contributed by atoms with Crippen LogP contribution in [0.1, 0.15) is 35.6 Å². The van der Waals surface area contributed by atoms with Crippen molar-refractivity contribution < 1.29 is 23.5 Å². The molecule has 0 bridgehead atoms. The second-order valence-electron chi connectivity index (χ2n) is 5.09. The summed E-state index contributed by atoms with van der Waals surface area (Å²) in [5.41, 5.74) is -0.882. The van der Waals surface area contributed by atoms with Gasteiger partial charge in [0, 0.05) is 7.05 Å². The van der Waals surface area contributed by atoms with E-state index >= 15 is 0 Å². The number of carboxylic acid groups (broad SMARTS) is 1.